The molecule has 0 bridgehead atoms. The minimum absolute atomic E-state index is 0.0983. The third kappa shape index (κ3) is 3.33. The van der Waals surface area contributed by atoms with E-state index in [9.17, 15) is 14.4 Å². The monoisotopic (exact) mass is 419 g/mol. The van der Waals surface area contributed by atoms with Crippen molar-refractivity contribution in [3.63, 3.8) is 0 Å². The fourth-order valence-corrected chi connectivity index (χ4v) is 5.60. The van der Waals surface area contributed by atoms with E-state index in [4.69, 9.17) is 4.74 Å². The van der Waals surface area contributed by atoms with Crippen molar-refractivity contribution in [2.45, 2.75) is 19.8 Å². The Morgan fingerprint density at radius 3 is 2.82 bits per heavy atom. The first-order valence-electron chi connectivity index (χ1n) is 9.27. The van der Waals surface area contributed by atoms with Crippen LogP contribution in [0.25, 0.3) is 9.88 Å². The second-order valence-electron chi connectivity index (χ2n) is 7.07. The number of likely N-dealkylation sites (tertiary alicyclic amines) is 1. The van der Waals surface area contributed by atoms with Crippen molar-refractivity contribution in [2.75, 3.05) is 26.2 Å². The average Bonchev–Trinajstić information content (AvgIpc) is 3.42. The number of nitrogens with zero attached hydrogens (tertiary/aromatic N) is 2. The number of carbonyl (C=O) groups excluding carboxylic acids is 3. The highest BCUT2D eigenvalue weighted by Gasteiger charge is 2.54. The lowest BCUT2D eigenvalue weighted by Crippen LogP contribution is -2.48. The molecule has 1 spiro atoms. The lowest BCUT2D eigenvalue weighted by molar-refractivity contribution is -0.155. The maximum absolute atomic E-state index is 12.9. The van der Waals surface area contributed by atoms with Crippen molar-refractivity contribution < 1.29 is 19.1 Å². The van der Waals surface area contributed by atoms with E-state index < -0.39 is 17.3 Å². The first-order chi connectivity index (χ1) is 13.5. The van der Waals surface area contributed by atoms with Crippen molar-refractivity contribution in [1.82, 2.24) is 15.2 Å². The van der Waals surface area contributed by atoms with E-state index in [1.54, 1.807) is 28.5 Å². The van der Waals surface area contributed by atoms with Gasteiger partial charge in [0.05, 0.1) is 11.5 Å². The van der Waals surface area contributed by atoms with Gasteiger partial charge in [-0.05, 0) is 31.2 Å². The van der Waals surface area contributed by atoms with E-state index in [1.807, 2.05) is 17.5 Å². The molecule has 148 valence electrons. The Balaban J connectivity index is 1.44. The van der Waals surface area contributed by atoms with Crippen molar-refractivity contribution >= 4 is 40.5 Å². The van der Waals surface area contributed by atoms with Gasteiger partial charge in [-0.2, -0.15) is 0 Å². The van der Waals surface area contributed by atoms with Crippen LogP contribution in [0.1, 0.15) is 30.3 Å². The van der Waals surface area contributed by atoms with Crippen LogP contribution in [0.5, 0.6) is 0 Å². The largest absolute Gasteiger partial charge is 0.465 e. The molecule has 1 unspecified atom stereocenters. The minimum atomic E-state index is -0.783. The number of carbonyl (C=O) groups is 3. The Morgan fingerprint density at radius 1 is 1.36 bits per heavy atom. The number of thiazole rings is 1. The van der Waals surface area contributed by atoms with Gasteiger partial charge < -0.3 is 15.0 Å². The van der Waals surface area contributed by atoms with Crippen LogP contribution in [-0.2, 0) is 14.3 Å². The molecule has 2 amide bonds. The summed E-state index contributed by atoms with van der Waals surface area (Å²) in [7, 11) is 0. The van der Waals surface area contributed by atoms with Gasteiger partial charge in [0.1, 0.15) is 16.6 Å². The molecule has 9 heteroatoms. The molecule has 2 saturated heterocycles. The first kappa shape index (κ1) is 19.1. The van der Waals surface area contributed by atoms with E-state index in [-0.39, 0.29) is 18.4 Å². The lowest BCUT2D eigenvalue weighted by atomic mass is 9.70. The van der Waals surface area contributed by atoms with Gasteiger partial charge in [-0.25, -0.2) is 4.98 Å². The van der Waals surface area contributed by atoms with E-state index in [2.05, 4.69) is 10.3 Å². The van der Waals surface area contributed by atoms with E-state index in [0.717, 1.165) is 9.88 Å². The van der Waals surface area contributed by atoms with Crippen LogP contribution in [0.15, 0.2) is 22.9 Å². The second-order valence-corrected chi connectivity index (χ2v) is 8.88. The number of thiophene rings is 1. The van der Waals surface area contributed by atoms with Crippen LogP contribution in [0.4, 0.5) is 0 Å². The molecular formula is C19H21N3O4S2. The number of ether oxygens (including phenoxy) is 1. The molecule has 2 aromatic rings. The standard InChI is InChI=1S/C19H21N3O4S2/c1-2-26-18(25)14-15(23)20-11-19(14)5-7-22(8-6-19)17(24)12-10-28-16(21-12)13-4-3-9-27-13/h3-4,9-10,14H,2,5-8,11H2,1H3,(H,20,23). The molecule has 2 aliphatic heterocycles. The smallest absolute Gasteiger partial charge is 0.319 e. The Labute approximate surface area is 170 Å². The van der Waals surface area contributed by atoms with Crippen LogP contribution in [0, 0.1) is 11.3 Å². The summed E-state index contributed by atoms with van der Waals surface area (Å²) in [6.07, 6.45) is 1.17. The van der Waals surface area contributed by atoms with Gasteiger partial charge in [-0.3, -0.25) is 14.4 Å². The van der Waals surface area contributed by atoms with Crippen LogP contribution in [0.2, 0.25) is 0 Å². The summed E-state index contributed by atoms with van der Waals surface area (Å²) in [5.74, 6) is -1.61. The Kier molecular flexibility index (Phi) is 5.20. The number of aromatic nitrogens is 1. The molecule has 7 nitrogen and oxygen atoms in total. The molecule has 2 aliphatic rings. The highest BCUT2D eigenvalue weighted by atomic mass is 32.1. The van der Waals surface area contributed by atoms with E-state index >= 15 is 0 Å². The van der Waals surface area contributed by atoms with Gasteiger partial charge >= 0.3 is 5.97 Å². The fourth-order valence-electron chi connectivity index (χ4n) is 4.00. The summed E-state index contributed by atoms with van der Waals surface area (Å²) in [5, 5.41) is 7.44. The molecule has 2 aromatic heterocycles. The summed E-state index contributed by atoms with van der Waals surface area (Å²) in [4.78, 5) is 44.7. The average molecular weight is 420 g/mol. The van der Waals surface area contributed by atoms with Gasteiger partial charge in [-0.1, -0.05) is 6.07 Å². The van der Waals surface area contributed by atoms with Crippen LogP contribution in [0.3, 0.4) is 0 Å². The van der Waals surface area contributed by atoms with Crippen LogP contribution >= 0.6 is 22.7 Å². The SMILES string of the molecule is CCOC(=O)C1C(=O)NCC12CCN(C(=O)c1csc(-c3cccs3)n1)CC2. The summed E-state index contributed by atoms with van der Waals surface area (Å²) >= 11 is 3.06. The molecule has 2 fully saturated rings. The third-order valence-corrected chi connectivity index (χ3v) is 7.39. The number of piperidine rings is 1. The van der Waals surface area contributed by atoms with Gasteiger partial charge in [-0.15, -0.1) is 22.7 Å². The highest BCUT2D eigenvalue weighted by Crippen LogP contribution is 2.43. The summed E-state index contributed by atoms with van der Waals surface area (Å²) < 4.78 is 5.12. The molecule has 0 saturated carbocycles. The number of hydrogen-bond donors (Lipinski definition) is 1. The molecule has 0 aromatic carbocycles. The predicted octanol–water partition coefficient (Wildman–Crippen LogP) is 2.40. The molecular weight excluding hydrogens is 398 g/mol. The molecule has 28 heavy (non-hydrogen) atoms. The Morgan fingerprint density at radius 2 is 2.14 bits per heavy atom. The van der Waals surface area contributed by atoms with Crippen molar-refractivity contribution in [3.8, 4) is 9.88 Å². The third-order valence-electron chi connectivity index (χ3n) is 5.51. The summed E-state index contributed by atoms with van der Waals surface area (Å²) in [5.41, 5.74) is -0.0171. The fraction of sp³-hybridized carbons (Fsp3) is 0.474. The maximum atomic E-state index is 12.9. The first-order valence-corrected chi connectivity index (χ1v) is 11.0. The Hall–Kier alpha value is -2.26. The topological polar surface area (TPSA) is 88.6 Å². The molecule has 4 heterocycles. The quantitative estimate of drug-likeness (QED) is 0.607. The molecule has 1 N–H and O–H groups in total. The normalized spacial score (nSPS) is 21.0. The number of hydrogen-bond acceptors (Lipinski definition) is 7. The number of rotatable bonds is 4. The second kappa shape index (κ2) is 7.63. The van der Waals surface area contributed by atoms with Gasteiger partial charge in [0.25, 0.3) is 5.91 Å². The van der Waals surface area contributed by atoms with Crippen molar-refractivity contribution in [2.24, 2.45) is 11.3 Å². The minimum Gasteiger partial charge on any atom is -0.465 e. The van der Waals surface area contributed by atoms with Crippen molar-refractivity contribution in [1.29, 1.82) is 0 Å². The summed E-state index contributed by atoms with van der Waals surface area (Å²) in [6.45, 7) is 3.43. The zero-order chi connectivity index (χ0) is 19.7. The van der Waals surface area contributed by atoms with Gasteiger partial charge in [0, 0.05) is 30.4 Å². The number of esters is 1. The summed E-state index contributed by atoms with van der Waals surface area (Å²) in [6, 6.07) is 3.95. The number of amides is 2. The highest BCUT2D eigenvalue weighted by molar-refractivity contribution is 7.20. The molecule has 0 aliphatic carbocycles. The van der Waals surface area contributed by atoms with Gasteiger partial charge in [0.2, 0.25) is 5.91 Å². The predicted molar refractivity (Wildman–Crippen MR) is 106 cm³/mol. The number of nitrogens with one attached hydrogen (secondary N) is 1. The van der Waals surface area contributed by atoms with Crippen LogP contribution in [-0.4, -0.2) is 53.9 Å². The van der Waals surface area contributed by atoms with E-state index in [0.29, 0.717) is 38.2 Å². The van der Waals surface area contributed by atoms with E-state index in [1.165, 1.54) is 11.3 Å². The molecule has 0 radical (unpaired) electrons. The molecule has 4 rings (SSSR count). The maximum Gasteiger partial charge on any atom is 0.319 e. The molecule has 1 atom stereocenters. The van der Waals surface area contributed by atoms with Crippen molar-refractivity contribution in [3.05, 3.63) is 28.6 Å². The van der Waals surface area contributed by atoms with Gasteiger partial charge in [0.15, 0.2) is 0 Å². The zero-order valence-corrected chi connectivity index (χ0v) is 17.1. The lowest BCUT2D eigenvalue weighted by Gasteiger charge is -2.40. The van der Waals surface area contributed by atoms with Crippen LogP contribution < -0.4 is 5.32 Å². The Bertz CT molecular complexity index is 885. The zero-order valence-electron chi connectivity index (χ0n) is 15.5.